The normalized spacial score (nSPS) is 23.3. The molecule has 2 rings (SSSR count). The Morgan fingerprint density at radius 3 is 2.89 bits per heavy atom. The van der Waals surface area contributed by atoms with E-state index in [2.05, 4.69) is 24.1 Å². The van der Waals surface area contributed by atoms with E-state index in [1.54, 1.807) is 6.26 Å². The van der Waals surface area contributed by atoms with Crippen LogP contribution >= 0.6 is 0 Å². The highest BCUT2D eigenvalue weighted by atomic mass is 16.5. The van der Waals surface area contributed by atoms with Gasteiger partial charge in [0.25, 0.3) is 0 Å². The molecule has 1 aromatic rings. The third-order valence-corrected chi connectivity index (χ3v) is 3.90. The van der Waals surface area contributed by atoms with Crippen LogP contribution < -0.4 is 5.32 Å². The van der Waals surface area contributed by atoms with Crippen LogP contribution in [0.25, 0.3) is 0 Å². The van der Waals surface area contributed by atoms with Gasteiger partial charge in [-0.05, 0) is 31.6 Å². The molecule has 1 aliphatic rings. The van der Waals surface area contributed by atoms with E-state index in [9.17, 15) is 0 Å². The minimum atomic E-state index is 0.263. The molecule has 0 aromatic carbocycles. The largest absolute Gasteiger partial charge is 0.468 e. The monoisotopic (exact) mass is 266 g/mol. The molecule has 2 heterocycles. The summed E-state index contributed by atoms with van der Waals surface area (Å²) < 4.78 is 11.1. The van der Waals surface area contributed by atoms with Crippen LogP contribution in [-0.2, 0) is 11.3 Å². The molecule has 1 atom stereocenters. The summed E-state index contributed by atoms with van der Waals surface area (Å²) in [4.78, 5) is 2.45. The van der Waals surface area contributed by atoms with E-state index in [0.717, 1.165) is 58.1 Å². The maximum absolute atomic E-state index is 5.65. The summed E-state index contributed by atoms with van der Waals surface area (Å²) in [6.07, 6.45) is 2.89. The van der Waals surface area contributed by atoms with Gasteiger partial charge in [-0.15, -0.1) is 0 Å². The number of nitrogens with one attached hydrogen (secondary N) is 1. The summed E-state index contributed by atoms with van der Waals surface area (Å²) in [5.74, 6) is 1.04. The molecule has 19 heavy (non-hydrogen) atoms. The maximum Gasteiger partial charge on any atom is 0.117 e. The van der Waals surface area contributed by atoms with Crippen LogP contribution in [-0.4, -0.2) is 44.3 Å². The summed E-state index contributed by atoms with van der Waals surface area (Å²) in [7, 11) is 0. The molecular weight excluding hydrogens is 240 g/mol. The van der Waals surface area contributed by atoms with Crippen molar-refractivity contribution in [1.82, 2.24) is 10.2 Å². The summed E-state index contributed by atoms with van der Waals surface area (Å²) in [6, 6.07) is 4.00. The minimum Gasteiger partial charge on any atom is -0.468 e. The second kappa shape index (κ2) is 7.08. The van der Waals surface area contributed by atoms with E-state index in [1.807, 2.05) is 12.1 Å². The molecule has 1 aromatic heterocycles. The highest BCUT2D eigenvalue weighted by molar-refractivity contribution is 4.98. The van der Waals surface area contributed by atoms with Crippen LogP contribution in [0.2, 0.25) is 0 Å². The van der Waals surface area contributed by atoms with E-state index in [-0.39, 0.29) is 5.41 Å². The van der Waals surface area contributed by atoms with Crippen molar-refractivity contribution in [2.45, 2.75) is 26.8 Å². The lowest BCUT2D eigenvalue weighted by atomic mass is 9.86. The zero-order valence-electron chi connectivity index (χ0n) is 12.2. The summed E-state index contributed by atoms with van der Waals surface area (Å²) >= 11 is 0. The fraction of sp³-hybridized carbons (Fsp3) is 0.733. The Hall–Kier alpha value is -0.840. The third-order valence-electron chi connectivity index (χ3n) is 3.90. The number of furan rings is 1. The first-order chi connectivity index (χ1) is 9.28. The SMILES string of the molecule is CCNCC1(CN(CC)Cc2ccco2)CCOC1. The lowest BCUT2D eigenvalue weighted by Gasteiger charge is -2.33. The van der Waals surface area contributed by atoms with E-state index >= 15 is 0 Å². The van der Waals surface area contributed by atoms with Crippen molar-refractivity contribution in [2.24, 2.45) is 5.41 Å². The lowest BCUT2D eigenvalue weighted by Crippen LogP contribution is -2.44. The minimum absolute atomic E-state index is 0.263. The summed E-state index contributed by atoms with van der Waals surface area (Å²) in [5, 5.41) is 3.49. The molecule has 0 radical (unpaired) electrons. The molecule has 0 spiro atoms. The zero-order chi connectivity index (χ0) is 13.6. The maximum atomic E-state index is 5.65. The van der Waals surface area contributed by atoms with Crippen LogP contribution in [0.4, 0.5) is 0 Å². The van der Waals surface area contributed by atoms with Crippen molar-refractivity contribution in [3.8, 4) is 0 Å². The molecule has 0 aliphatic carbocycles. The van der Waals surface area contributed by atoms with Crippen molar-refractivity contribution in [1.29, 1.82) is 0 Å². The number of hydrogen-bond acceptors (Lipinski definition) is 4. The highest BCUT2D eigenvalue weighted by Gasteiger charge is 2.36. The molecule has 0 saturated carbocycles. The predicted octanol–water partition coefficient (Wildman–Crippen LogP) is 2.12. The predicted molar refractivity (Wildman–Crippen MR) is 76.1 cm³/mol. The fourth-order valence-electron chi connectivity index (χ4n) is 2.74. The van der Waals surface area contributed by atoms with Gasteiger partial charge in [-0.1, -0.05) is 13.8 Å². The molecule has 1 N–H and O–H groups in total. The van der Waals surface area contributed by atoms with Crippen molar-refractivity contribution >= 4 is 0 Å². The quantitative estimate of drug-likeness (QED) is 0.782. The first-order valence-corrected chi connectivity index (χ1v) is 7.31. The van der Waals surface area contributed by atoms with Gasteiger partial charge >= 0.3 is 0 Å². The molecule has 108 valence electrons. The Kier molecular flexibility index (Phi) is 5.43. The smallest absolute Gasteiger partial charge is 0.117 e. The van der Waals surface area contributed by atoms with Gasteiger partial charge in [0.1, 0.15) is 5.76 Å². The second-order valence-electron chi connectivity index (χ2n) is 5.47. The van der Waals surface area contributed by atoms with Crippen molar-refractivity contribution in [3.63, 3.8) is 0 Å². The molecule has 1 unspecified atom stereocenters. The van der Waals surface area contributed by atoms with Gasteiger partial charge in [-0.25, -0.2) is 0 Å². The van der Waals surface area contributed by atoms with Gasteiger partial charge in [0, 0.05) is 25.1 Å². The zero-order valence-corrected chi connectivity index (χ0v) is 12.2. The van der Waals surface area contributed by atoms with Gasteiger partial charge in [0.05, 0.1) is 19.4 Å². The topological polar surface area (TPSA) is 37.6 Å². The highest BCUT2D eigenvalue weighted by Crippen LogP contribution is 2.29. The standard InChI is InChI=1S/C15H26N2O2/c1-3-16-11-15(7-9-18-13-15)12-17(4-2)10-14-6-5-8-19-14/h5-6,8,16H,3-4,7,9-13H2,1-2H3. The van der Waals surface area contributed by atoms with Crippen LogP contribution in [0.5, 0.6) is 0 Å². The van der Waals surface area contributed by atoms with Crippen molar-refractivity contribution in [2.75, 3.05) is 39.4 Å². The Morgan fingerprint density at radius 1 is 1.42 bits per heavy atom. The first kappa shape index (κ1) is 14.6. The summed E-state index contributed by atoms with van der Waals surface area (Å²) in [5.41, 5.74) is 0.263. The number of hydrogen-bond donors (Lipinski definition) is 1. The van der Waals surface area contributed by atoms with E-state index in [0.29, 0.717) is 0 Å². The van der Waals surface area contributed by atoms with Gasteiger partial charge in [0.15, 0.2) is 0 Å². The fourth-order valence-corrected chi connectivity index (χ4v) is 2.74. The average Bonchev–Trinajstić information content (AvgIpc) is 3.08. The first-order valence-electron chi connectivity index (χ1n) is 7.31. The molecule has 0 bridgehead atoms. The molecule has 4 heteroatoms. The Labute approximate surface area is 116 Å². The van der Waals surface area contributed by atoms with Crippen LogP contribution in [0.15, 0.2) is 22.8 Å². The lowest BCUT2D eigenvalue weighted by molar-refractivity contribution is 0.104. The Morgan fingerprint density at radius 2 is 2.32 bits per heavy atom. The number of nitrogens with zero attached hydrogens (tertiary/aromatic N) is 1. The van der Waals surface area contributed by atoms with E-state index in [4.69, 9.17) is 9.15 Å². The van der Waals surface area contributed by atoms with Crippen molar-refractivity contribution < 1.29 is 9.15 Å². The van der Waals surface area contributed by atoms with Gasteiger partial charge in [0.2, 0.25) is 0 Å². The molecule has 1 aliphatic heterocycles. The van der Waals surface area contributed by atoms with Gasteiger partial charge in [-0.3, -0.25) is 4.90 Å². The van der Waals surface area contributed by atoms with Crippen molar-refractivity contribution in [3.05, 3.63) is 24.2 Å². The van der Waals surface area contributed by atoms with Gasteiger partial charge < -0.3 is 14.5 Å². The van der Waals surface area contributed by atoms with Gasteiger partial charge in [-0.2, -0.15) is 0 Å². The second-order valence-corrected chi connectivity index (χ2v) is 5.47. The number of rotatable bonds is 8. The molecule has 0 amide bonds. The Balaban J connectivity index is 1.94. The molecular formula is C15H26N2O2. The van der Waals surface area contributed by atoms with Crippen LogP contribution in [0.1, 0.15) is 26.0 Å². The van der Waals surface area contributed by atoms with Crippen LogP contribution in [0.3, 0.4) is 0 Å². The van der Waals surface area contributed by atoms with E-state index < -0.39 is 0 Å². The Bertz CT molecular complexity index is 345. The molecule has 1 fully saturated rings. The third kappa shape index (κ3) is 4.06. The molecule has 4 nitrogen and oxygen atoms in total. The van der Waals surface area contributed by atoms with Crippen LogP contribution in [0, 0.1) is 5.41 Å². The average molecular weight is 266 g/mol. The summed E-state index contributed by atoms with van der Waals surface area (Å²) in [6.45, 7) is 11.2. The molecule has 1 saturated heterocycles. The van der Waals surface area contributed by atoms with E-state index in [1.165, 1.54) is 0 Å². The number of ether oxygens (including phenoxy) is 1.